The van der Waals surface area contributed by atoms with Crippen LogP contribution in [0, 0.1) is 5.92 Å². The number of carboxylic acid groups (broad SMARTS) is 1. The molecule has 0 saturated carbocycles. The van der Waals surface area contributed by atoms with E-state index in [1.54, 1.807) is 0 Å². The van der Waals surface area contributed by atoms with Gasteiger partial charge in [0.05, 0.1) is 5.92 Å². The first kappa shape index (κ1) is 13.2. The number of rotatable bonds is 6. The molecule has 1 atom stereocenters. The molecule has 17 heavy (non-hydrogen) atoms. The van der Waals surface area contributed by atoms with Crippen molar-refractivity contribution in [3.8, 4) is 0 Å². The summed E-state index contributed by atoms with van der Waals surface area (Å²) in [5.41, 5.74) is 0.106. The van der Waals surface area contributed by atoms with Crippen LogP contribution in [0.2, 0.25) is 0 Å². The largest absolute Gasteiger partial charge is 0.481 e. The SMILES string of the molecule is COCc1cc(C(=O)NC[C@@H](C)C(=O)O)no1. The van der Waals surface area contributed by atoms with Crippen LogP contribution in [0.5, 0.6) is 0 Å². The van der Waals surface area contributed by atoms with Crippen LogP contribution in [0.1, 0.15) is 23.2 Å². The minimum Gasteiger partial charge on any atom is -0.481 e. The van der Waals surface area contributed by atoms with Crippen LogP contribution in [-0.2, 0) is 16.1 Å². The summed E-state index contributed by atoms with van der Waals surface area (Å²) in [5.74, 6) is -1.65. The molecule has 0 aliphatic rings. The molecule has 0 spiro atoms. The van der Waals surface area contributed by atoms with Gasteiger partial charge in [-0.1, -0.05) is 12.1 Å². The summed E-state index contributed by atoms with van der Waals surface area (Å²) >= 11 is 0. The molecule has 0 fully saturated rings. The van der Waals surface area contributed by atoms with Gasteiger partial charge in [0.25, 0.3) is 5.91 Å². The lowest BCUT2D eigenvalue weighted by Crippen LogP contribution is -2.31. The zero-order chi connectivity index (χ0) is 12.8. The third-order valence-electron chi connectivity index (χ3n) is 2.07. The maximum Gasteiger partial charge on any atom is 0.308 e. The second-order valence-electron chi connectivity index (χ2n) is 3.56. The molecule has 1 aromatic heterocycles. The quantitative estimate of drug-likeness (QED) is 0.742. The summed E-state index contributed by atoms with van der Waals surface area (Å²) in [7, 11) is 1.50. The molecule has 0 unspecified atom stereocenters. The number of hydrogen-bond acceptors (Lipinski definition) is 5. The summed E-state index contributed by atoms with van der Waals surface area (Å²) < 4.78 is 9.64. The van der Waals surface area contributed by atoms with E-state index in [4.69, 9.17) is 14.4 Å². The number of carbonyl (C=O) groups excluding carboxylic acids is 1. The Morgan fingerprint density at radius 1 is 1.65 bits per heavy atom. The number of amides is 1. The molecule has 1 heterocycles. The molecule has 0 radical (unpaired) electrons. The highest BCUT2D eigenvalue weighted by Gasteiger charge is 2.15. The summed E-state index contributed by atoms with van der Waals surface area (Å²) in [6.07, 6.45) is 0. The number of ether oxygens (including phenoxy) is 1. The molecule has 7 nitrogen and oxygen atoms in total. The Labute approximate surface area is 97.7 Å². The van der Waals surface area contributed by atoms with Crippen LogP contribution in [-0.4, -0.2) is 35.8 Å². The molecule has 1 amide bonds. The van der Waals surface area contributed by atoms with Crippen LogP contribution >= 0.6 is 0 Å². The summed E-state index contributed by atoms with van der Waals surface area (Å²) in [6.45, 7) is 1.77. The molecule has 0 saturated heterocycles. The fraction of sp³-hybridized carbons (Fsp3) is 0.500. The number of aliphatic carboxylic acids is 1. The Balaban J connectivity index is 2.49. The van der Waals surface area contributed by atoms with Crippen molar-refractivity contribution in [1.29, 1.82) is 0 Å². The summed E-state index contributed by atoms with van der Waals surface area (Å²) in [5, 5.41) is 14.6. The molecule has 0 aliphatic carbocycles. The highest BCUT2D eigenvalue weighted by molar-refractivity contribution is 5.92. The number of hydrogen-bond donors (Lipinski definition) is 2. The Kier molecular flexibility index (Phi) is 4.65. The fourth-order valence-corrected chi connectivity index (χ4v) is 1.05. The lowest BCUT2D eigenvalue weighted by atomic mass is 10.2. The molecule has 2 N–H and O–H groups in total. The Hall–Kier alpha value is -1.89. The standard InChI is InChI=1S/C10H14N2O5/c1-6(10(14)15)4-11-9(13)8-3-7(5-16-2)17-12-8/h3,6H,4-5H2,1-2H3,(H,11,13)(H,14,15)/t6-/m1/s1. The van der Waals surface area contributed by atoms with E-state index in [9.17, 15) is 9.59 Å². The molecule has 94 valence electrons. The highest BCUT2D eigenvalue weighted by Crippen LogP contribution is 2.04. The van der Waals surface area contributed by atoms with Gasteiger partial charge in [-0.3, -0.25) is 9.59 Å². The third-order valence-corrected chi connectivity index (χ3v) is 2.07. The van der Waals surface area contributed by atoms with Gasteiger partial charge in [-0.15, -0.1) is 0 Å². The second kappa shape index (κ2) is 6.00. The van der Waals surface area contributed by atoms with E-state index in [1.165, 1.54) is 20.1 Å². The van der Waals surface area contributed by atoms with Crippen LogP contribution in [0.3, 0.4) is 0 Å². The maximum absolute atomic E-state index is 11.5. The van der Waals surface area contributed by atoms with Gasteiger partial charge < -0.3 is 19.7 Å². The van der Waals surface area contributed by atoms with Crippen molar-refractivity contribution < 1.29 is 24.0 Å². The number of aromatic nitrogens is 1. The first-order valence-electron chi connectivity index (χ1n) is 5.00. The zero-order valence-electron chi connectivity index (χ0n) is 9.60. The predicted molar refractivity (Wildman–Crippen MR) is 56.3 cm³/mol. The van der Waals surface area contributed by atoms with E-state index in [2.05, 4.69) is 10.5 Å². The molecule has 0 aliphatic heterocycles. The Morgan fingerprint density at radius 2 is 2.35 bits per heavy atom. The van der Waals surface area contributed by atoms with Crippen molar-refractivity contribution in [1.82, 2.24) is 10.5 Å². The lowest BCUT2D eigenvalue weighted by molar-refractivity contribution is -0.140. The summed E-state index contributed by atoms with van der Waals surface area (Å²) in [6, 6.07) is 1.45. The van der Waals surface area contributed by atoms with Gasteiger partial charge in [-0.05, 0) is 0 Å². The van der Waals surface area contributed by atoms with E-state index < -0.39 is 17.8 Å². The molecule has 0 bridgehead atoms. The molecule has 1 aromatic rings. The topological polar surface area (TPSA) is 102 Å². The average Bonchev–Trinajstić information content (AvgIpc) is 2.74. The van der Waals surface area contributed by atoms with Gasteiger partial charge >= 0.3 is 5.97 Å². The van der Waals surface area contributed by atoms with Gasteiger partial charge in [-0.2, -0.15) is 0 Å². The van der Waals surface area contributed by atoms with Crippen LogP contribution in [0.25, 0.3) is 0 Å². The number of carbonyl (C=O) groups is 2. The van der Waals surface area contributed by atoms with E-state index in [0.29, 0.717) is 5.76 Å². The zero-order valence-corrected chi connectivity index (χ0v) is 9.60. The Bertz CT molecular complexity index is 401. The van der Waals surface area contributed by atoms with Crippen LogP contribution in [0.15, 0.2) is 10.6 Å². The van der Waals surface area contributed by atoms with E-state index in [-0.39, 0.29) is 18.8 Å². The fourth-order valence-electron chi connectivity index (χ4n) is 1.05. The highest BCUT2D eigenvalue weighted by atomic mass is 16.5. The second-order valence-corrected chi connectivity index (χ2v) is 3.56. The van der Waals surface area contributed by atoms with Gasteiger partial charge in [0.15, 0.2) is 11.5 Å². The van der Waals surface area contributed by atoms with Crippen LogP contribution in [0.4, 0.5) is 0 Å². The van der Waals surface area contributed by atoms with Crippen molar-refractivity contribution in [3.05, 3.63) is 17.5 Å². The monoisotopic (exact) mass is 242 g/mol. The predicted octanol–water partition coefficient (Wildman–Crippen LogP) is 0.271. The lowest BCUT2D eigenvalue weighted by Gasteiger charge is -2.06. The van der Waals surface area contributed by atoms with Crippen molar-refractivity contribution in [3.63, 3.8) is 0 Å². The minimum absolute atomic E-state index is 0.0423. The van der Waals surface area contributed by atoms with E-state index in [1.807, 2.05) is 0 Å². The normalized spacial score (nSPS) is 12.1. The molecule has 1 rings (SSSR count). The first-order valence-corrected chi connectivity index (χ1v) is 5.00. The van der Waals surface area contributed by atoms with Crippen molar-refractivity contribution in [2.45, 2.75) is 13.5 Å². The van der Waals surface area contributed by atoms with Gasteiger partial charge in [0.1, 0.15) is 6.61 Å². The number of carboxylic acids is 1. The Morgan fingerprint density at radius 3 is 2.94 bits per heavy atom. The van der Waals surface area contributed by atoms with Crippen molar-refractivity contribution >= 4 is 11.9 Å². The molecular formula is C10H14N2O5. The van der Waals surface area contributed by atoms with E-state index in [0.717, 1.165) is 0 Å². The summed E-state index contributed by atoms with van der Waals surface area (Å²) in [4.78, 5) is 22.1. The minimum atomic E-state index is -0.967. The number of nitrogens with one attached hydrogen (secondary N) is 1. The first-order chi connectivity index (χ1) is 8.04. The molecule has 0 aromatic carbocycles. The third kappa shape index (κ3) is 3.87. The smallest absolute Gasteiger partial charge is 0.308 e. The van der Waals surface area contributed by atoms with Crippen molar-refractivity contribution in [2.24, 2.45) is 5.92 Å². The number of methoxy groups -OCH3 is 1. The van der Waals surface area contributed by atoms with Gasteiger partial charge in [-0.25, -0.2) is 0 Å². The van der Waals surface area contributed by atoms with Gasteiger partial charge in [0.2, 0.25) is 0 Å². The van der Waals surface area contributed by atoms with Gasteiger partial charge in [0, 0.05) is 19.7 Å². The average molecular weight is 242 g/mol. The molecule has 7 heteroatoms. The van der Waals surface area contributed by atoms with E-state index >= 15 is 0 Å². The molecular weight excluding hydrogens is 228 g/mol. The number of nitrogens with zero attached hydrogens (tertiary/aromatic N) is 1. The van der Waals surface area contributed by atoms with Crippen LogP contribution < -0.4 is 5.32 Å². The maximum atomic E-state index is 11.5. The van der Waals surface area contributed by atoms with Crippen molar-refractivity contribution in [2.75, 3.05) is 13.7 Å².